The van der Waals surface area contributed by atoms with Crippen molar-refractivity contribution in [2.45, 2.75) is 25.8 Å². The molecule has 6 nitrogen and oxygen atoms in total. The van der Waals surface area contributed by atoms with Crippen LogP contribution in [0.3, 0.4) is 0 Å². The average Bonchev–Trinajstić information content (AvgIpc) is 3.10. The van der Waals surface area contributed by atoms with E-state index in [0.29, 0.717) is 11.3 Å². The van der Waals surface area contributed by atoms with Crippen molar-refractivity contribution in [2.75, 3.05) is 18.6 Å². The van der Waals surface area contributed by atoms with E-state index in [4.69, 9.17) is 4.74 Å². The van der Waals surface area contributed by atoms with Crippen LogP contribution >= 0.6 is 0 Å². The first-order valence-corrected chi connectivity index (χ1v) is 8.21. The Kier molecular flexibility index (Phi) is 4.70. The largest absolute Gasteiger partial charge is 0.497 e. The van der Waals surface area contributed by atoms with Crippen LogP contribution in [0.15, 0.2) is 42.5 Å². The number of hydrogen-bond acceptors (Lipinski definition) is 5. The summed E-state index contributed by atoms with van der Waals surface area (Å²) in [6.45, 7) is 2.15. The minimum absolute atomic E-state index is 0.0255. The second-order valence-electron chi connectivity index (χ2n) is 6.14. The Labute approximate surface area is 146 Å². The van der Waals surface area contributed by atoms with Crippen LogP contribution in [0.2, 0.25) is 0 Å². The lowest BCUT2D eigenvalue weighted by atomic mass is 10.0. The summed E-state index contributed by atoms with van der Waals surface area (Å²) >= 11 is 0. The Morgan fingerprint density at radius 1 is 1.28 bits per heavy atom. The van der Waals surface area contributed by atoms with Gasteiger partial charge in [-0.15, -0.1) is 0 Å². The van der Waals surface area contributed by atoms with Crippen molar-refractivity contribution < 1.29 is 14.5 Å². The maximum absolute atomic E-state index is 11.6. The van der Waals surface area contributed by atoms with Gasteiger partial charge in [0.15, 0.2) is 5.78 Å². The van der Waals surface area contributed by atoms with Crippen molar-refractivity contribution in [1.29, 1.82) is 0 Å². The van der Waals surface area contributed by atoms with E-state index in [9.17, 15) is 14.9 Å². The predicted octanol–water partition coefficient (Wildman–Crippen LogP) is 4.15. The number of carbonyl (C=O) groups is 1. The molecule has 1 aliphatic heterocycles. The lowest BCUT2D eigenvalue weighted by Crippen LogP contribution is -2.23. The molecule has 2 aromatic carbocycles. The van der Waals surface area contributed by atoms with Crippen LogP contribution in [0.5, 0.6) is 5.75 Å². The van der Waals surface area contributed by atoms with E-state index in [1.807, 2.05) is 24.3 Å². The van der Waals surface area contributed by atoms with E-state index >= 15 is 0 Å². The summed E-state index contributed by atoms with van der Waals surface area (Å²) in [6.07, 6.45) is 1.87. The maximum Gasteiger partial charge on any atom is 0.293 e. The molecule has 0 spiro atoms. The first kappa shape index (κ1) is 17.0. The molecule has 0 aromatic heterocycles. The highest BCUT2D eigenvalue weighted by atomic mass is 16.6. The topological polar surface area (TPSA) is 72.7 Å². The molecule has 6 heteroatoms. The molecule has 0 bridgehead atoms. The fraction of sp³-hybridized carbons (Fsp3) is 0.316. The third kappa shape index (κ3) is 3.33. The fourth-order valence-corrected chi connectivity index (χ4v) is 3.38. The van der Waals surface area contributed by atoms with Gasteiger partial charge in [0.2, 0.25) is 0 Å². The molecule has 0 N–H and O–H groups in total. The van der Waals surface area contributed by atoms with Crippen molar-refractivity contribution in [3.63, 3.8) is 0 Å². The van der Waals surface area contributed by atoms with Gasteiger partial charge in [0.25, 0.3) is 5.69 Å². The van der Waals surface area contributed by atoms with Crippen LogP contribution in [-0.4, -0.2) is 24.4 Å². The van der Waals surface area contributed by atoms with Crippen LogP contribution in [0.25, 0.3) is 0 Å². The van der Waals surface area contributed by atoms with E-state index in [1.54, 1.807) is 19.2 Å². The molecule has 1 fully saturated rings. The summed E-state index contributed by atoms with van der Waals surface area (Å²) in [6, 6.07) is 12.6. The molecule has 25 heavy (non-hydrogen) atoms. The predicted molar refractivity (Wildman–Crippen MR) is 95.4 cm³/mol. The van der Waals surface area contributed by atoms with Crippen LogP contribution in [0.1, 0.15) is 41.7 Å². The van der Waals surface area contributed by atoms with Crippen molar-refractivity contribution in [1.82, 2.24) is 0 Å². The zero-order valence-corrected chi connectivity index (χ0v) is 14.3. The number of nitro benzene ring substituents is 1. The van der Waals surface area contributed by atoms with Gasteiger partial charge in [0, 0.05) is 18.2 Å². The van der Waals surface area contributed by atoms with Crippen molar-refractivity contribution in [2.24, 2.45) is 0 Å². The third-order valence-electron chi connectivity index (χ3n) is 4.62. The minimum Gasteiger partial charge on any atom is -0.497 e. The van der Waals surface area contributed by atoms with Crippen molar-refractivity contribution in [3.8, 4) is 5.75 Å². The molecule has 1 unspecified atom stereocenters. The molecule has 1 saturated heterocycles. The molecule has 130 valence electrons. The second-order valence-corrected chi connectivity index (χ2v) is 6.14. The standard InChI is InChI=1S/C19H20N2O4/c1-13(22)14-8-9-18(19(12-14)21(23)24)20-10-4-7-17(20)15-5-3-6-16(11-15)25-2/h3,5-6,8-9,11-12,17H,4,7,10H2,1-2H3. The van der Waals surface area contributed by atoms with Crippen molar-refractivity contribution in [3.05, 3.63) is 63.7 Å². The first-order valence-electron chi connectivity index (χ1n) is 8.21. The van der Waals surface area contributed by atoms with Gasteiger partial charge in [-0.25, -0.2) is 0 Å². The smallest absolute Gasteiger partial charge is 0.293 e. The first-order chi connectivity index (χ1) is 12.0. The Bertz CT molecular complexity index is 819. The van der Waals surface area contributed by atoms with Gasteiger partial charge < -0.3 is 9.64 Å². The second kappa shape index (κ2) is 6.93. The molecule has 0 aliphatic carbocycles. The Hall–Kier alpha value is -2.89. The molecular weight excluding hydrogens is 320 g/mol. The van der Waals surface area contributed by atoms with Gasteiger partial charge in [-0.3, -0.25) is 14.9 Å². The Morgan fingerprint density at radius 3 is 2.76 bits per heavy atom. The fourth-order valence-electron chi connectivity index (χ4n) is 3.38. The highest BCUT2D eigenvalue weighted by molar-refractivity contribution is 5.95. The van der Waals surface area contributed by atoms with E-state index in [2.05, 4.69) is 4.90 Å². The van der Waals surface area contributed by atoms with E-state index < -0.39 is 4.92 Å². The van der Waals surface area contributed by atoms with E-state index in [0.717, 1.165) is 30.7 Å². The van der Waals surface area contributed by atoms with Gasteiger partial charge in [-0.05, 0) is 49.6 Å². The summed E-state index contributed by atoms with van der Waals surface area (Å²) in [7, 11) is 1.62. The van der Waals surface area contributed by atoms with Gasteiger partial charge in [0.05, 0.1) is 18.1 Å². The summed E-state index contributed by atoms with van der Waals surface area (Å²) in [5.41, 5.74) is 1.96. The van der Waals surface area contributed by atoms with Crippen LogP contribution in [-0.2, 0) is 0 Å². The number of methoxy groups -OCH3 is 1. The number of rotatable bonds is 5. The zero-order chi connectivity index (χ0) is 18.0. The van der Waals surface area contributed by atoms with Gasteiger partial charge in [-0.1, -0.05) is 12.1 Å². The van der Waals surface area contributed by atoms with Gasteiger partial charge in [0.1, 0.15) is 11.4 Å². The molecule has 3 rings (SSSR count). The van der Waals surface area contributed by atoms with Gasteiger partial charge >= 0.3 is 0 Å². The molecule has 0 saturated carbocycles. The van der Waals surface area contributed by atoms with Crippen LogP contribution in [0, 0.1) is 10.1 Å². The number of Topliss-reactive ketones (excluding diaryl/α,β-unsaturated/α-hetero) is 1. The van der Waals surface area contributed by atoms with Crippen molar-refractivity contribution >= 4 is 17.2 Å². The number of hydrogen-bond donors (Lipinski definition) is 0. The molecule has 1 heterocycles. The number of nitrogens with zero attached hydrogens (tertiary/aromatic N) is 2. The Morgan fingerprint density at radius 2 is 2.08 bits per heavy atom. The number of ketones is 1. The molecule has 0 amide bonds. The lowest BCUT2D eigenvalue weighted by Gasteiger charge is -2.27. The highest BCUT2D eigenvalue weighted by Gasteiger charge is 2.31. The third-order valence-corrected chi connectivity index (χ3v) is 4.62. The summed E-state index contributed by atoms with van der Waals surface area (Å²) in [4.78, 5) is 24.7. The quantitative estimate of drug-likeness (QED) is 0.464. The highest BCUT2D eigenvalue weighted by Crippen LogP contribution is 2.41. The van der Waals surface area contributed by atoms with Gasteiger partial charge in [-0.2, -0.15) is 0 Å². The number of carbonyl (C=O) groups excluding carboxylic acids is 1. The normalized spacial score (nSPS) is 16.7. The van der Waals surface area contributed by atoms with Crippen LogP contribution in [0.4, 0.5) is 11.4 Å². The summed E-state index contributed by atoms with van der Waals surface area (Å²) < 4.78 is 5.30. The number of nitro groups is 1. The SMILES string of the molecule is COc1cccc(C2CCCN2c2ccc(C(C)=O)cc2[N+](=O)[O-])c1. The lowest BCUT2D eigenvalue weighted by molar-refractivity contribution is -0.384. The molecule has 0 radical (unpaired) electrons. The monoisotopic (exact) mass is 340 g/mol. The molecule has 1 aliphatic rings. The molecule has 2 aromatic rings. The van der Waals surface area contributed by atoms with E-state index in [-0.39, 0.29) is 17.5 Å². The Balaban J connectivity index is 2.02. The number of benzene rings is 2. The molecular formula is C19H20N2O4. The summed E-state index contributed by atoms with van der Waals surface area (Å²) in [5, 5.41) is 11.5. The van der Waals surface area contributed by atoms with Crippen LogP contribution < -0.4 is 9.64 Å². The summed E-state index contributed by atoms with van der Waals surface area (Å²) in [5.74, 6) is 0.589. The minimum atomic E-state index is -0.414. The number of ether oxygens (including phenoxy) is 1. The zero-order valence-electron chi connectivity index (χ0n) is 14.3. The van der Waals surface area contributed by atoms with E-state index in [1.165, 1.54) is 13.0 Å². The molecule has 1 atom stereocenters. The maximum atomic E-state index is 11.6. The average molecular weight is 340 g/mol. The number of anilines is 1.